The molecule has 6 rings (SSSR count). The third kappa shape index (κ3) is 5.84. The maximum atomic E-state index is 14.1. The fourth-order valence-corrected chi connectivity index (χ4v) is 8.45. The van der Waals surface area contributed by atoms with Crippen molar-refractivity contribution in [2.45, 2.75) is 109 Å². The molecule has 236 valence electrons. The summed E-state index contributed by atoms with van der Waals surface area (Å²) in [6.07, 6.45) is 16.6. The lowest BCUT2D eigenvalue weighted by molar-refractivity contribution is -0.131. The lowest BCUT2D eigenvalue weighted by atomic mass is 9.73. The predicted octanol–water partition coefficient (Wildman–Crippen LogP) is 7.17. The molecule has 4 aliphatic carbocycles. The van der Waals surface area contributed by atoms with Gasteiger partial charge in [0.05, 0.1) is 34.2 Å². The lowest BCUT2D eigenvalue weighted by Crippen LogP contribution is -2.46. The number of nitrogens with zero attached hydrogens (tertiary/aromatic N) is 3. The van der Waals surface area contributed by atoms with Gasteiger partial charge in [0.2, 0.25) is 11.7 Å². The average molecular weight is 601 g/mol. The third-order valence-corrected chi connectivity index (χ3v) is 10.8. The third-order valence-electron chi connectivity index (χ3n) is 10.8. The van der Waals surface area contributed by atoms with Crippen molar-refractivity contribution in [1.82, 2.24) is 5.01 Å². The van der Waals surface area contributed by atoms with E-state index in [1.165, 1.54) is 38.5 Å². The molecule has 8 heteroatoms. The van der Waals surface area contributed by atoms with Crippen LogP contribution in [-0.4, -0.2) is 53.6 Å². The normalized spacial score (nSPS) is 23.9. The highest BCUT2D eigenvalue weighted by Gasteiger charge is 2.47. The van der Waals surface area contributed by atoms with E-state index in [2.05, 4.69) is 5.32 Å². The molecule has 0 aromatic heterocycles. The molecule has 3 fully saturated rings. The summed E-state index contributed by atoms with van der Waals surface area (Å²) in [5, 5.41) is 21.0. The molecule has 0 saturated heterocycles. The summed E-state index contributed by atoms with van der Waals surface area (Å²) in [6, 6.07) is 5.53. The average Bonchev–Trinajstić information content (AvgIpc) is 3.63. The van der Waals surface area contributed by atoms with Crippen molar-refractivity contribution in [2.75, 3.05) is 24.3 Å². The van der Waals surface area contributed by atoms with E-state index in [1.807, 2.05) is 31.1 Å². The minimum absolute atomic E-state index is 0.0391. The van der Waals surface area contributed by atoms with Crippen LogP contribution in [0, 0.1) is 17.8 Å². The summed E-state index contributed by atoms with van der Waals surface area (Å²) in [6.45, 7) is 1.78. The van der Waals surface area contributed by atoms with Crippen LogP contribution in [0.15, 0.2) is 40.2 Å². The number of nitrogens with one attached hydrogen (secondary N) is 1. The van der Waals surface area contributed by atoms with Crippen LogP contribution in [0.3, 0.4) is 0 Å². The standard InChI is InChI=1S/C36H48N4O4/c1-22-30(36(44)40(38-22)33(24-14-6-4-7-15-24)25-16-8-5-9-17-25)32-34(42)31(35(32)43)27-19-18-26(39(2)3)21-28(27)37-29(41)20-23-12-10-11-13-23/h18-19,21,23-25,33,42H,4-17,20H2,1-3H3,(H,37,41). The number of hydrogen-bond acceptors (Lipinski definition) is 6. The molecule has 0 unspecified atom stereocenters. The summed E-state index contributed by atoms with van der Waals surface area (Å²) in [7, 11) is 3.83. The van der Waals surface area contributed by atoms with E-state index in [-0.39, 0.29) is 46.1 Å². The number of hydrogen-bond donors (Lipinski definition) is 2. The van der Waals surface area contributed by atoms with Gasteiger partial charge in [-0.2, -0.15) is 5.10 Å². The second-order valence-corrected chi connectivity index (χ2v) is 14.0. The van der Waals surface area contributed by atoms with E-state index in [9.17, 15) is 19.5 Å². The minimum Gasteiger partial charge on any atom is -0.506 e. The van der Waals surface area contributed by atoms with Crippen molar-refractivity contribution < 1.29 is 19.5 Å². The van der Waals surface area contributed by atoms with Gasteiger partial charge in [0.25, 0.3) is 5.91 Å². The van der Waals surface area contributed by atoms with Gasteiger partial charge in [0, 0.05) is 31.8 Å². The molecule has 2 N–H and O–H groups in total. The zero-order valence-corrected chi connectivity index (χ0v) is 26.7. The van der Waals surface area contributed by atoms with E-state index in [1.54, 1.807) is 18.0 Å². The van der Waals surface area contributed by atoms with Crippen LogP contribution in [0.1, 0.15) is 109 Å². The Morgan fingerprint density at radius 1 is 0.909 bits per heavy atom. The molecule has 3 saturated carbocycles. The van der Waals surface area contributed by atoms with Crippen LogP contribution in [0.5, 0.6) is 0 Å². The van der Waals surface area contributed by atoms with Gasteiger partial charge in [0.15, 0.2) is 0 Å². The Hall–Kier alpha value is -3.42. The molecule has 8 nitrogen and oxygen atoms in total. The topological polar surface area (TPSA) is 102 Å². The quantitative estimate of drug-likeness (QED) is 0.308. The number of amides is 2. The molecular formula is C36H48N4O4. The zero-order valence-electron chi connectivity index (χ0n) is 26.7. The molecule has 1 aliphatic heterocycles. The van der Waals surface area contributed by atoms with Gasteiger partial charge >= 0.3 is 0 Å². The number of aliphatic hydroxyl groups is 1. The SMILES string of the molecule is CC1=NN(C(C2CCCCC2)C2CCCCC2)C(=O)C1=C1C(=O)C(c2ccc(N(C)C)cc2NC(=O)CC2CCCC2)=C1O. The molecule has 1 aromatic carbocycles. The fraction of sp³-hybridized carbons (Fsp3) is 0.611. The molecular weight excluding hydrogens is 552 g/mol. The lowest BCUT2D eigenvalue weighted by Gasteiger charge is -2.41. The van der Waals surface area contributed by atoms with Crippen molar-refractivity contribution in [2.24, 2.45) is 22.9 Å². The summed E-state index contributed by atoms with van der Waals surface area (Å²) in [5.41, 5.74) is 2.76. The van der Waals surface area contributed by atoms with Gasteiger partial charge in [-0.25, -0.2) is 5.01 Å². The van der Waals surface area contributed by atoms with E-state index in [4.69, 9.17) is 5.10 Å². The Bertz CT molecular complexity index is 1390. The molecule has 2 amide bonds. The number of allylic oxidation sites excluding steroid dienone is 2. The zero-order chi connectivity index (χ0) is 31.0. The predicted molar refractivity (Wildman–Crippen MR) is 174 cm³/mol. The van der Waals surface area contributed by atoms with Crippen LogP contribution in [-0.2, 0) is 14.4 Å². The Kier molecular flexibility index (Phi) is 8.97. The number of Topliss-reactive ketones (excluding diaryl/α,β-unsaturated/α-hetero) is 1. The van der Waals surface area contributed by atoms with E-state index in [0.29, 0.717) is 41.1 Å². The van der Waals surface area contributed by atoms with E-state index < -0.39 is 0 Å². The largest absolute Gasteiger partial charge is 0.506 e. The van der Waals surface area contributed by atoms with Crippen LogP contribution in [0.25, 0.3) is 5.57 Å². The minimum atomic E-state index is -0.377. The van der Waals surface area contributed by atoms with Crippen molar-refractivity contribution in [3.63, 3.8) is 0 Å². The molecule has 0 radical (unpaired) electrons. The van der Waals surface area contributed by atoms with Crippen molar-refractivity contribution in [1.29, 1.82) is 0 Å². The van der Waals surface area contributed by atoms with Crippen LogP contribution < -0.4 is 10.2 Å². The first-order chi connectivity index (χ1) is 21.2. The van der Waals surface area contributed by atoms with Crippen LogP contribution in [0.2, 0.25) is 0 Å². The first-order valence-corrected chi connectivity index (χ1v) is 17.0. The smallest absolute Gasteiger partial charge is 0.277 e. The molecule has 44 heavy (non-hydrogen) atoms. The van der Waals surface area contributed by atoms with Crippen LogP contribution >= 0.6 is 0 Å². The molecule has 0 bridgehead atoms. The Morgan fingerprint density at radius 2 is 1.50 bits per heavy atom. The number of carbonyl (C=O) groups excluding carboxylic acids is 3. The first-order valence-electron chi connectivity index (χ1n) is 17.0. The fourth-order valence-electron chi connectivity index (χ4n) is 8.45. The van der Waals surface area contributed by atoms with Gasteiger partial charge in [0.1, 0.15) is 5.76 Å². The second kappa shape index (κ2) is 12.9. The molecule has 1 heterocycles. The number of hydrazone groups is 1. The van der Waals surface area contributed by atoms with Gasteiger partial charge < -0.3 is 15.3 Å². The summed E-state index contributed by atoms with van der Waals surface area (Å²) < 4.78 is 0. The van der Waals surface area contributed by atoms with E-state index in [0.717, 1.165) is 57.1 Å². The van der Waals surface area contributed by atoms with Crippen molar-refractivity contribution >= 4 is 40.3 Å². The maximum absolute atomic E-state index is 14.1. The number of rotatable bonds is 8. The highest BCUT2D eigenvalue weighted by molar-refractivity contribution is 6.44. The van der Waals surface area contributed by atoms with Gasteiger partial charge in [-0.3, -0.25) is 14.4 Å². The molecule has 5 aliphatic rings. The Balaban J connectivity index is 1.31. The number of carbonyl (C=O) groups is 3. The van der Waals surface area contributed by atoms with E-state index >= 15 is 0 Å². The van der Waals surface area contributed by atoms with Gasteiger partial charge in [-0.05, 0) is 81.4 Å². The first kappa shape index (κ1) is 30.6. The number of ketones is 1. The number of aliphatic hydroxyl groups excluding tert-OH is 1. The maximum Gasteiger partial charge on any atom is 0.277 e. The molecule has 0 atom stereocenters. The van der Waals surface area contributed by atoms with Crippen LogP contribution in [0.4, 0.5) is 11.4 Å². The van der Waals surface area contributed by atoms with Crippen molar-refractivity contribution in [3.8, 4) is 0 Å². The highest BCUT2D eigenvalue weighted by atomic mass is 16.3. The highest BCUT2D eigenvalue weighted by Crippen LogP contribution is 2.45. The second-order valence-electron chi connectivity index (χ2n) is 14.0. The van der Waals surface area contributed by atoms with Gasteiger partial charge in [-0.1, -0.05) is 51.4 Å². The number of benzene rings is 1. The van der Waals surface area contributed by atoms with Crippen molar-refractivity contribution in [3.05, 3.63) is 40.7 Å². The Morgan fingerprint density at radius 3 is 2.07 bits per heavy atom. The molecule has 1 aromatic rings. The summed E-state index contributed by atoms with van der Waals surface area (Å²) in [5.74, 6) is 0.308. The molecule has 0 spiro atoms. The monoisotopic (exact) mass is 600 g/mol. The number of anilines is 2. The summed E-state index contributed by atoms with van der Waals surface area (Å²) in [4.78, 5) is 42.9. The Labute approximate surface area is 261 Å². The summed E-state index contributed by atoms with van der Waals surface area (Å²) >= 11 is 0. The van der Waals surface area contributed by atoms with Gasteiger partial charge in [-0.15, -0.1) is 0 Å².